The van der Waals surface area contributed by atoms with Gasteiger partial charge in [-0.25, -0.2) is 4.39 Å². The first-order chi connectivity index (χ1) is 18.6. The number of hydrogen-bond acceptors (Lipinski definition) is 9. The van der Waals surface area contributed by atoms with Crippen molar-refractivity contribution >= 4 is 24.1 Å². The second-order valence-corrected chi connectivity index (χ2v) is 12.9. The van der Waals surface area contributed by atoms with Crippen LogP contribution in [0.25, 0.3) is 0 Å². The lowest BCUT2D eigenvalue weighted by Gasteiger charge is -2.45. The Hall–Kier alpha value is -1.28. The van der Waals surface area contributed by atoms with Gasteiger partial charge in [-0.1, -0.05) is 32.9 Å². The third-order valence-corrected chi connectivity index (χ3v) is 9.49. The number of carbonyl (C=O) groups is 2. The molecular weight excluding hydrogens is 531 g/mol. The lowest BCUT2D eigenvalue weighted by molar-refractivity contribution is -0.207. The molecule has 0 spiro atoms. The summed E-state index contributed by atoms with van der Waals surface area (Å²) in [7, 11) is 0. The normalized spacial score (nSPS) is 42.5. The van der Waals surface area contributed by atoms with Crippen molar-refractivity contribution in [1.82, 2.24) is 10.6 Å². The monoisotopic (exact) mass is 576 g/mol. The average molecular weight is 577 g/mol. The molecule has 4 aliphatic rings. The minimum atomic E-state index is -1.46. The summed E-state index contributed by atoms with van der Waals surface area (Å²) >= 11 is 1.11. The summed E-state index contributed by atoms with van der Waals surface area (Å²) in [5.41, 5.74) is -0.913. The number of aliphatic hydroxyl groups excluding tert-OH is 3. The number of carboxylic acid groups (broad SMARTS) is 1. The van der Waals surface area contributed by atoms with Crippen LogP contribution in [-0.4, -0.2) is 106 Å². The van der Waals surface area contributed by atoms with Crippen molar-refractivity contribution in [1.29, 1.82) is 0 Å². The fourth-order valence-corrected chi connectivity index (χ4v) is 7.42. The number of thioether (sulfide) groups is 1. The van der Waals surface area contributed by atoms with Gasteiger partial charge >= 0.3 is 0 Å². The molecule has 0 aromatic carbocycles. The molecule has 4 rings (SSSR count). The molecule has 0 saturated carbocycles. The Morgan fingerprint density at radius 3 is 2.62 bits per heavy atom. The van der Waals surface area contributed by atoms with E-state index in [2.05, 4.69) is 24.5 Å². The van der Waals surface area contributed by atoms with E-state index in [4.69, 9.17) is 19.4 Å². The van der Waals surface area contributed by atoms with E-state index in [1.165, 1.54) is 0 Å². The molecule has 2 bridgehead atoms. The second kappa shape index (κ2) is 15.1. The van der Waals surface area contributed by atoms with Crippen molar-refractivity contribution in [3.8, 4) is 0 Å². The largest absolute Gasteiger partial charge is 0.483 e. The maximum absolute atomic E-state index is 13.6. The molecule has 0 aromatic heterocycles. The van der Waals surface area contributed by atoms with Crippen LogP contribution in [0.2, 0.25) is 0 Å². The van der Waals surface area contributed by atoms with E-state index in [1.807, 2.05) is 19.1 Å². The zero-order chi connectivity index (χ0) is 28.7. The molecule has 6 N–H and O–H groups in total. The highest BCUT2D eigenvalue weighted by Gasteiger charge is 2.50. The lowest BCUT2D eigenvalue weighted by atomic mass is 9.85. The molecule has 1 amide bonds. The number of aliphatic hydroxyl groups is 3. The zero-order valence-corrected chi connectivity index (χ0v) is 23.7. The maximum Gasteiger partial charge on any atom is 0.290 e. The highest BCUT2D eigenvalue weighted by molar-refractivity contribution is 8.00. The third kappa shape index (κ3) is 8.15. The van der Waals surface area contributed by atoms with Crippen LogP contribution in [0.5, 0.6) is 0 Å². The van der Waals surface area contributed by atoms with Gasteiger partial charge in [-0.15, -0.1) is 11.8 Å². The van der Waals surface area contributed by atoms with E-state index in [-0.39, 0.29) is 30.3 Å². The van der Waals surface area contributed by atoms with Crippen molar-refractivity contribution in [2.45, 2.75) is 99.7 Å². The van der Waals surface area contributed by atoms with Crippen LogP contribution in [0.1, 0.15) is 46.5 Å². The van der Waals surface area contributed by atoms with Gasteiger partial charge in [-0.2, -0.15) is 0 Å². The van der Waals surface area contributed by atoms with Crippen LogP contribution in [0.15, 0.2) is 12.2 Å². The first kappa shape index (κ1) is 32.2. The number of amides is 1. The minimum absolute atomic E-state index is 0.217. The summed E-state index contributed by atoms with van der Waals surface area (Å²) < 4.78 is 25.8. The third-order valence-electron chi connectivity index (χ3n) is 8.13. The van der Waals surface area contributed by atoms with Crippen molar-refractivity contribution in [2.24, 2.45) is 23.7 Å². The molecule has 224 valence electrons. The van der Waals surface area contributed by atoms with Crippen molar-refractivity contribution in [3.63, 3.8) is 0 Å². The molecule has 12 atom stereocenters. The Kier molecular flexibility index (Phi) is 12.5. The van der Waals surface area contributed by atoms with Gasteiger partial charge in [-0.05, 0) is 49.4 Å². The van der Waals surface area contributed by atoms with Crippen LogP contribution >= 0.6 is 11.8 Å². The fraction of sp³-hybridized carbons (Fsp3) is 0.852. The number of ether oxygens (including phenoxy) is 2. The van der Waals surface area contributed by atoms with E-state index in [9.17, 15) is 24.5 Å². The molecule has 4 heterocycles. The molecular formula is C27H45FN2O8S. The molecule has 0 aliphatic carbocycles. The zero-order valence-electron chi connectivity index (χ0n) is 22.9. The Bertz CT molecular complexity index is 823. The maximum atomic E-state index is 13.6. The van der Waals surface area contributed by atoms with Gasteiger partial charge in [0, 0.05) is 18.4 Å². The lowest BCUT2D eigenvalue weighted by Crippen LogP contribution is -2.65. The van der Waals surface area contributed by atoms with Gasteiger partial charge in [0.1, 0.15) is 42.6 Å². The van der Waals surface area contributed by atoms with Crippen LogP contribution in [0, 0.1) is 23.7 Å². The summed E-state index contributed by atoms with van der Waals surface area (Å²) in [5.74, 6) is 0.992. The van der Waals surface area contributed by atoms with Gasteiger partial charge in [0.2, 0.25) is 5.91 Å². The Morgan fingerprint density at radius 2 is 1.95 bits per heavy atom. The van der Waals surface area contributed by atoms with E-state index >= 15 is 0 Å². The smallest absolute Gasteiger partial charge is 0.290 e. The van der Waals surface area contributed by atoms with E-state index in [0.717, 1.165) is 31.0 Å². The topological polar surface area (TPSA) is 158 Å². The molecule has 39 heavy (non-hydrogen) atoms. The highest BCUT2D eigenvalue weighted by Crippen LogP contribution is 2.37. The summed E-state index contributed by atoms with van der Waals surface area (Å²) in [5, 5.41) is 44.7. The van der Waals surface area contributed by atoms with E-state index < -0.39 is 53.9 Å². The number of alkyl halides is 1. The predicted molar refractivity (Wildman–Crippen MR) is 145 cm³/mol. The number of allylic oxidation sites excluding steroid dienone is 1. The molecule has 0 unspecified atom stereocenters. The quantitative estimate of drug-likeness (QED) is 0.207. The van der Waals surface area contributed by atoms with Gasteiger partial charge < -0.3 is 40.5 Å². The van der Waals surface area contributed by atoms with E-state index in [1.54, 1.807) is 0 Å². The molecule has 0 aromatic rings. The highest BCUT2D eigenvalue weighted by atomic mass is 32.2. The van der Waals surface area contributed by atoms with E-state index in [0.29, 0.717) is 31.4 Å². The number of rotatable bonds is 5. The fourth-order valence-electron chi connectivity index (χ4n) is 6.23. The Morgan fingerprint density at radius 1 is 1.23 bits per heavy atom. The summed E-state index contributed by atoms with van der Waals surface area (Å²) in [6, 6.07) is -1.17. The molecule has 12 heteroatoms. The summed E-state index contributed by atoms with van der Waals surface area (Å²) in [6.07, 6.45) is 1.98. The number of nitrogens with one attached hydrogen (secondary N) is 2. The van der Waals surface area contributed by atoms with Crippen LogP contribution in [0.4, 0.5) is 4.39 Å². The summed E-state index contributed by atoms with van der Waals surface area (Å²) in [6.45, 7) is 6.86. The molecule has 4 aliphatic heterocycles. The number of halogens is 1. The number of carbonyl (C=O) groups excluding carboxylic acids is 1. The SMILES string of the molecule is CC(C)C[C@@H]1CCO[C@@H]2[C@H](CN[C@@H]2C(=O)N[C@H]2[C@H]3O[C@H](S[C@H](CF)CC=C[C@H]2C)[C@H](O)[C@@H](O)[C@H]3O)C1.O=CO. The van der Waals surface area contributed by atoms with Crippen LogP contribution < -0.4 is 10.6 Å². The van der Waals surface area contributed by atoms with Crippen molar-refractivity contribution < 1.29 is 43.9 Å². The molecule has 10 nitrogen and oxygen atoms in total. The number of fused-ring (bicyclic) bond motifs is 3. The first-order valence-corrected chi connectivity index (χ1v) is 14.9. The van der Waals surface area contributed by atoms with Crippen molar-refractivity contribution in [2.75, 3.05) is 19.8 Å². The Balaban J connectivity index is 0.00000134. The molecule has 3 saturated heterocycles. The average Bonchev–Trinajstić information content (AvgIpc) is 3.18. The second-order valence-electron chi connectivity index (χ2n) is 11.5. The van der Waals surface area contributed by atoms with Gasteiger partial charge in [-0.3, -0.25) is 9.59 Å². The molecule has 0 radical (unpaired) electrons. The first-order valence-electron chi connectivity index (χ1n) is 13.9. The minimum Gasteiger partial charge on any atom is -0.483 e. The standard InChI is InChI=1S/C26H43FN2O6S.CH2O2/c1-13(2)9-15-7-8-34-23-16(10-15)12-28-19(23)25(33)29-18-14(3)5-4-6-17(11-27)36-26-22(32)20(30)21(31)24(18)35-26;2-1-3/h4-5,13-24,26,28,30-32H,6-12H2,1-3H3,(H,29,33);1H,(H,2,3)/t14-,15+,16+,17+,18-,19+,20+,21-,22-,23-,24-,26-;/m1./s1. The Labute approximate surface area is 234 Å². The predicted octanol–water partition coefficient (Wildman–Crippen LogP) is 1.08. The van der Waals surface area contributed by atoms with Crippen LogP contribution in [0.3, 0.4) is 0 Å². The summed E-state index contributed by atoms with van der Waals surface area (Å²) in [4.78, 5) is 21.9. The van der Waals surface area contributed by atoms with Gasteiger partial charge in [0.15, 0.2) is 0 Å². The van der Waals surface area contributed by atoms with Crippen molar-refractivity contribution in [3.05, 3.63) is 12.2 Å². The van der Waals surface area contributed by atoms with Crippen LogP contribution in [-0.2, 0) is 19.1 Å². The van der Waals surface area contributed by atoms with Gasteiger partial charge in [0.05, 0.1) is 12.1 Å². The number of hydrogen-bond donors (Lipinski definition) is 6. The molecule has 3 fully saturated rings. The van der Waals surface area contributed by atoms with Gasteiger partial charge in [0.25, 0.3) is 6.47 Å².